The number of hydrogen-bond acceptors (Lipinski definition) is 4. The van der Waals surface area contributed by atoms with E-state index in [1.807, 2.05) is 20.8 Å². The summed E-state index contributed by atoms with van der Waals surface area (Å²) in [6.07, 6.45) is 1.57. The zero-order chi connectivity index (χ0) is 18.6. The predicted octanol–water partition coefficient (Wildman–Crippen LogP) is 2.93. The summed E-state index contributed by atoms with van der Waals surface area (Å²) in [5.41, 5.74) is 0.320. The Kier molecular flexibility index (Phi) is 3.82. The lowest BCUT2D eigenvalue weighted by Crippen LogP contribution is -2.52. The van der Waals surface area contributed by atoms with Crippen molar-refractivity contribution in [2.24, 2.45) is 11.8 Å². The Balaban J connectivity index is 1.53. The minimum absolute atomic E-state index is 0.184. The number of carbonyl (C=O) groups excluding carboxylic acids is 3. The molecule has 1 aromatic carbocycles. The Morgan fingerprint density at radius 2 is 1.69 bits per heavy atom. The van der Waals surface area contributed by atoms with E-state index in [1.165, 1.54) is 4.90 Å². The Bertz CT molecular complexity index is 747. The third-order valence-electron chi connectivity index (χ3n) is 5.42. The van der Waals surface area contributed by atoms with Crippen LogP contribution >= 0.6 is 0 Å². The maximum atomic E-state index is 12.7. The van der Waals surface area contributed by atoms with Crippen LogP contribution in [0.3, 0.4) is 0 Å². The van der Waals surface area contributed by atoms with Crippen LogP contribution in [-0.2, 0) is 4.74 Å². The molecule has 6 heteroatoms. The molecule has 0 N–H and O–H groups in total. The van der Waals surface area contributed by atoms with Crippen molar-refractivity contribution in [3.05, 3.63) is 35.4 Å². The summed E-state index contributed by atoms with van der Waals surface area (Å²) in [6, 6.07) is 6.69. The number of piperidine rings is 1. The number of benzene rings is 1. The van der Waals surface area contributed by atoms with Gasteiger partial charge in [0, 0.05) is 13.1 Å². The van der Waals surface area contributed by atoms with E-state index in [-0.39, 0.29) is 30.5 Å². The molecule has 26 heavy (non-hydrogen) atoms. The molecular formula is C20H24N2O4. The van der Waals surface area contributed by atoms with Gasteiger partial charge >= 0.3 is 6.09 Å². The van der Waals surface area contributed by atoms with Gasteiger partial charge in [-0.2, -0.15) is 0 Å². The van der Waals surface area contributed by atoms with Gasteiger partial charge in [0.25, 0.3) is 11.8 Å². The molecule has 1 aromatic rings. The fourth-order valence-corrected chi connectivity index (χ4v) is 4.03. The van der Waals surface area contributed by atoms with Gasteiger partial charge in [0.05, 0.1) is 17.2 Å². The van der Waals surface area contributed by atoms with E-state index in [1.54, 1.807) is 29.2 Å². The topological polar surface area (TPSA) is 66.9 Å². The van der Waals surface area contributed by atoms with Gasteiger partial charge in [-0.05, 0) is 57.6 Å². The van der Waals surface area contributed by atoms with Gasteiger partial charge in [0.2, 0.25) is 0 Å². The van der Waals surface area contributed by atoms with Crippen LogP contribution in [0.2, 0.25) is 0 Å². The first kappa shape index (κ1) is 17.1. The first-order valence-electron chi connectivity index (χ1n) is 9.19. The van der Waals surface area contributed by atoms with E-state index in [2.05, 4.69) is 0 Å². The van der Waals surface area contributed by atoms with Gasteiger partial charge in [-0.25, -0.2) is 4.79 Å². The second kappa shape index (κ2) is 5.83. The zero-order valence-electron chi connectivity index (χ0n) is 15.4. The molecular weight excluding hydrogens is 332 g/mol. The summed E-state index contributed by atoms with van der Waals surface area (Å²) in [5, 5.41) is 0. The molecule has 1 saturated heterocycles. The quantitative estimate of drug-likeness (QED) is 0.764. The van der Waals surface area contributed by atoms with Crippen molar-refractivity contribution in [2.45, 2.75) is 45.3 Å². The van der Waals surface area contributed by atoms with Gasteiger partial charge in [-0.3, -0.25) is 14.5 Å². The van der Waals surface area contributed by atoms with Gasteiger partial charge in [0.15, 0.2) is 0 Å². The molecule has 2 aliphatic heterocycles. The van der Waals surface area contributed by atoms with Crippen molar-refractivity contribution in [3.63, 3.8) is 0 Å². The maximum absolute atomic E-state index is 12.7. The van der Waals surface area contributed by atoms with Crippen molar-refractivity contribution in [1.82, 2.24) is 9.80 Å². The zero-order valence-corrected chi connectivity index (χ0v) is 15.4. The lowest BCUT2D eigenvalue weighted by atomic mass is 10.0. The molecule has 0 bridgehead atoms. The minimum Gasteiger partial charge on any atom is -0.444 e. The van der Waals surface area contributed by atoms with Gasteiger partial charge in [-0.15, -0.1) is 0 Å². The number of nitrogens with zero attached hydrogens (tertiary/aromatic N) is 2. The van der Waals surface area contributed by atoms with Crippen LogP contribution in [0.15, 0.2) is 24.3 Å². The SMILES string of the molecule is CC(C)(C)OC(=O)N1C[C@@H]2C[C@@H]2CC1CN1C(=O)c2ccccc2C1=O. The van der Waals surface area contributed by atoms with Crippen LogP contribution < -0.4 is 0 Å². The van der Waals surface area contributed by atoms with Crippen LogP contribution in [0.4, 0.5) is 4.79 Å². The summed E-state index contributed by atoms with van der Waals surface area (Å²) < 4.78 is 5.55. The van der Waals surface area contributed by atoms with E-state index in [9.17, 15) is 14.4 Å². The summed E-state index contributed by atoms with van der Waals surface area (Å²) in [4.78, 5) is 41.0. The summed E-state index contributed by atoms with van der Waals surface area (Å²) >= 11 is 0. The average Bonchev–Trinajstić information content (AvgIpc) is 3.29. The molecule has 3 amide bonds. The van der Waals surface area contributed by atoms with Crippen LogP contribution in [-0.4, -0.2) is 52.4 Å². The molecule has 2 heterocycles. The highest BCUT2D eigenvalue weighted by molar-refractivity contribution is 6.21. The number of ether oxygens (including phenoxy) is 1. The fraction of sp³-hybridized carbons (Fsp3) is 0.550. The average molecular weight is 356 g/mol. The Morgan fingerprint density at radius 3 is 2.27 bits per heavy atom. The maximum Gasteiger partial charge on any atom is 0.410 e. The Morgan fingerprint density at radius 1 is 1.08 bits per heavy atom. The first-order valence-corrected chi connectivity index (χ1v) is 9.19. The number of fused-ring (bicyclic) bond motifs is 2. The molecule has 2 fully saturated rings. The van der Waals surface area contributed by atoms with E-state index in [0.29, 0.717) is 29.5 Å². The normalized spacial score (nSPS) is 27.3. The molecule has 6 nitrogen and oxygen atoms in total. The third kappa shape index (κ3) is 2.97. The van der Waals surface area contributed by atoms with Crippen LogP contribution in [0.25, 0.3) is 0 Å². The lowest BCUT2D eigenvalue weighted by Gasteiger charge is -2.37. The number of hydrogen-bond donors (Lipinski definition) is 0. The smallest absolute Gasteiger partial charge is 0.410 e. The molecule has 4 rings (SSSR count). The lowest BCUT2D eigenvalue weighted by molar-refractivity contribution is 0.00420. The number of carbonyl (C=O) groups is 3. The number of rotatable bonds is 2. The van der Waals surface area contributed by atoms with Crippen molar-refractivity contribution in [1.29, 1.82) is 0 Å². The monoisotopic (exact) mass is 356 g/mol. The molecule has 1 aliphatic carbocycles. The van der Waals surface area contributed by atoms with E-state index >= 15 is 0 Å². The number of imide groups is 1. The first-order chi connectivity index (χ1) is 12.2. The van der Waals surface area contributed by atoms with E-state index < -0.39 is 5.60 Å². The Hall–Kier alpha value is -2.37. The molecule has 3 atom stereocenters. The molecule has 0 radical (unpaired) electrons. The van der Waals surface area contributed by atoms with Crippen molar-refractivity contribution >= 4 is 17.9 Å². The highest BCUT2D eigenvalue weighted by Gasteiger charge is 2.49. The van der Waals surface area contributed by atoms with E-state index in [0.717, 1.165) is 12.8 Å². The molecule has 1 unspecified atom stereocenters. The van der Waals surface area contributed by atoms with Crippen molar-refractivity contribution in [2.75, 3.05) is 13.1 Å². The Labute approximate surface area is 153 Å². The molecule has 1 saturated carbocycles. The summed E-state index contributed by atoms with van der Waals surface area (Å²) in [6.45, 7) is 6.40. The highest BCUT2D eigenvalue weighted by atomic mass is 16.6. The van der Waals surface area contributed by atoms with E-state index in [4.69, 9.17) is 4.74 Å². The molecule has 0 spiro atoms. The summed E-state index contributed by atoms with van der Waals surface area (Å²) in [7, 11) is 0. The second-order valence-electron chi connectivity index (χ2n) is 8.54. The number of likely N-dealkylation sites (tertiary alicyclic amines) is 1. The largest absolute Gasteiger partial charge is 0.444 e. The van der Waals surface area contributed by atoms with Gasteiger partial charge in [-0.1, -0.05) is 12.1 Å². The fourth-order valence-electron chi connectivity index (χ4n) is 4.03. The highest BCUT2D eigenvalue weighted by Crippen LogP contribution is 2.47. The van der Waals surface area contributed by atoms with Crippen LogP contribution in [0, 0.1) is 11.8 Å². The summed E-state index contributed by atoms with van der Waals surface area (Å²) in [5.74, 6) is 0.579. The second-order valence-corrected chi connectivity index (χ2v) is 8.54. The van der Waals surface area contributed by atoms with Crippen molar-refractivity contribution in [3.8, 4) is 0 Å². The molecule has 138 valence electrons. The van der Waals surface area contributed by atoms with Crippen LogP contribution in [0.5, 0.6) is 0 Å². The standard InChI is InChI=1S/C20H24N2O4/c1-20(2,3)26-19(25)21-10-13-8-12(13)9-14(21)11-22-17(23)15-6-4-5-7-16(15)18(22)24/h4-7,12-14H,8-11H2,1-3H3/t12-,13+,14?/m1/s1. The molecule has 3 aliphatic rings. The third-order valence-corrected chi connectivity index (χ3v) is 5.42. The molecule has 0 aromatic heterocycles. The van der Waals surface area contributed by atoms with Crippen molar-refractivity contribution < 1.29 is 19.1 Å². The minimum atomic E-state index is -0.572. The van der Waals surface area contributed by atoms with Crippen LogP contribution in [0.1, 0.15) is 54.3 Å². The number of amides is 3. The van der Waals surface area contributed by atoms with Gasteiger partial charge < -0.3 is 9.64 Å². The van der Waals surface area contributed by atoms with Gasteiger partial charge in [0.1, 0.15) is 5.60 Å². The predicted molar refractivity (Wildman–Crippen MR) is 94.8 cm³/mol.